The number of nitrogens with zero attached hydrogens (tertiary/aromatic N) is 3. The van der Waals surface area contributed by atoms with Crippen molar-refractivity contribution in [3.8, 4) is 33.9 Å². The maximum atomic E-state index is 6.56. The molecule has 9 aromatic rings. The zero-order chi connectivity index (χ0) is 33.4. The molecule has 0 aliphatic carbocycles. The molecule has 0 radical (unpaired) electrons. The lowest BCUT2D eigenvalue weighted by Crippen LogP contribution is -2.12. The fourth-order valence-electron chi connectivity index (χ4n) is 6.56. The van der Waals surface area contributed by atoms with Crippen molar-refractivity contribution in [2.45, 2.75) is 6.42 Å². The van der Waals surface area contributed by atoms with Crippen molar-refractivity contribution in [3.05, 3.63) is 174 Å². The molecule has 0 aliphatic heterocycles. The van der Waals surface area contributed by atoms with Gasteiger partial charge in [0.05, 0.1) is 17.1 Å². The second-order valence-electron chi connectivity index (χ2n) is 12.2. The van der Waals surface area contributed by atoms with E-state index in [1.165, 1.54) is 4.70 Å². The Morgan fingerprint density at radius 3 is 2.00 bits per heavy atom. The summed E-state index contributed by atoms with van der Waals surface area (Å²) in [5.74, 6) is 1.16. The molecule has 50 heavy (non-hydrogen) atoms. The Bertz CT molecular complexity index is 2620. The van der Waals surface area contributed by atoms with Crippen molar-refractivity contribution >= 4 is 54.9 Å². The number of fused-ring (bicyclic) bond motifs is 4. The molecule has 0 aliphatic rings. The second-order valence-corrected chi connectivity index (χ2v) is 13.4. The molecule has 6 heteroatoms. The third-order valence-electron chi connectivity index (χ3n) is 8.97. The first-order valence-electron chi connectivity index (χ1n) is 16.5. The van der Waals surface area contributed by atoms with Gasteiger partial charge in [-0.05, 0) is 35.9 Å². The van der Waals surface area contributed by atoms with Crippen LogP contribution in [0.15, 0.2) is 167 Å². The van der Waals surface area contributed by atoms with Gasteiger partial charge in [-0.25, -0.2) is 15.0 Å². The molecule has 6 aromatic carbocycles. The van der Waals surface area contributed by atoms with Crippen LogP contribution in [0.3, 0.4) is 0 Å². The predicted molar refractivity (Wildman–Crippen MR) is 207 cm³/mol. The van der Waals surface area contributed by atoms with Gasteiger partial charge in [0.2, 0.25) is 0 Å². The summed E-state index contributed by atoms with van der Waals surface area (Å²) < 4.78 is 7.62. The van der Waals surface area contributed by atoms with Crippen LogP contribution in [0, 0.1) is 0 Å². The number of benzene rings is 6. The van der Waals surface area contributed by atoms with Crippen LogP contribution >= 0.6 is 11.3 Å². The number of rotatable bonds is 7. The Labute approximate surface area is 293 Å². The van der Waals surface area contributed by atoms with E-state index in [1.807, 2.05) is 78.9 Å². The third kappa shape index (κ3) is 5.51. The molecule has 2 N–H and O–H groups in total. The van der Waals surface area contributed by atoms with Crippen LogP contribution in [0.5, 0.6) is 0 Å². The van der Waals surface area contributed by atoms with E-state index in [4.69, 9.17) is 25.1 Å². The fraction of sp³-hybridized carbons (Fsp3) is 0.0227. The lowest BCUT2D eigenvalue weighted by atomic mass is 10.0. The van der Waals surface area contributed by atoms with Crippen molar-refractivity contribution in [1.82, 2.24) is 9.97 Å². The van der Waals surface area contributed by atoms with E-state index in [0.29, 0.717) is 18.1 Å². The van der Waals surface area contributed by atoms with Gasteiger partial charge in [-0.2, -0.15) is 0 Å². The highest BCUT2D eigenvalue weighted by molar-refractivity contribution is 7.19. The summed E-state index contributed by atoms with van der Waals surface area (Å²) in [6, 6.07) is 53.5. The van der Waals surface area contributed by atoms with E-state index < -0.39 is 0 Å². The van der Waals surface area contributed by atoms with E-state index in [-0.39, 0.29) is 0 Å². The number of hydrogen-bond acceptors (Lipinski definition) is 5. The van der Waals surface area contributed by atoms with Crippen LogP contribution in [0.4, 0.5) is 5.69 Å². The van der Waals surface area contributed by atoms with Gasteiger partial charge in [-0.1, -0.05) is 127 Å². The van der Waals surface area contributed by atoms with Crippen LogP contribution in [-0.4, -0.2) is 15.8 Å². The van der Waals surface area contributed by atoms with Crippen molar-refractivity contribution in [2.75, 3.05) is 0 Å². The van der Waals surface area contributed by atoms with Crippen molar-refractivity contribution in [2.24, 2.45) is 10.7 Å². The average Bonchev–Trinajstić information content (AvgIpc) is 3.73. The van der Waals surface area contributed by atoms with Crippen molar-refractivity contribution < 1.29 is 4.42 Å². The minimum absolute atomic E-state index is 0.504. The zero-order valence-electron chi connectivity index (χ0n) is 27.0. The molecule has 9 rings (SSSR count). The fourth-order valence-corrected chi connectivity index (χ4v) is 7.73. The van der Waals surface area contributed by atoms with E-state index in [2.05, 4.69) is 78.9 Å². The van der Waals surface area contributed by atoms with Crippen LogP contribution in [0.25, 0.3) is 65.9 Å². The largest absolute Gasteiger partial charge is 0.456 e. The highest BCUT2D eigenvalue weighted by Crippen LogP contribution is 2.41. The maximum absolute atomic E-state index is 6.56. The van der Waals surface area contributed by atoms with Gasteiger partial charge in [0.25, 0.3) is 0 Å². The SMILES string of the molecule is NC(=Nc1c(Cc2ccc3oc4cccc(-c5nc(-c6ccccc6)cc(-c6ccccc6)n5)c4c3c2)sc2ccccc12)c1ccccc1. The molecule has 0 saturated heterocycles. The molecule has 3 aromatic heterocycles. The Balaban J connectivity index is 1.18. The number of aromatic nitrogens is 2. The van der Waals surface area contributed by atoms with E-state index in [1.54, 1.807) is 11.3 Å². The minimum Gasteiger partial charge on any atom is -0.456 e. The second kappa shape index (κ2) is 12.6. The molecule has 0 atom stereocenters. The lowest BCUT2D eigenvalue weighted by Gasteiger charge is -2.10. The Kier molecular flexibility index (Phi) is 7.48. The average molecular weight is 663 g/mol. The summed E-state index contributed by atoms with van der Waals surface area (Å²) in [6.45, 7) is 0. The Morgan fingerprint density at radius 2 is 1.28 bits per heavy atom. The highest BCUT2D eigenvalue weighted by atomic mass is 32.1. The molecule has 0 bridgehead atoms. The molecule has 0 fully saturated rings. The molecule has 0 saturated carbocycles. The van der Waals surface area contributed by atoms with Crippen LogP contribution in [-0.2, 0) is 6.42 Å². The van der Waals surface area contributed by atoms with Gasteiger partial charge in [0.15, 0.2) is 5.82 Å². The van der Waals surface area contributed by atoms with Gasteiger partial charge in [0.1, 0.15) is 17.0 Å². The summed E-state index contributed by atoms with van der Waals surface area (Å²) in [5, 5.41) is 3.13. The number of nitrogens with two attached hydrogens (primary N) is 1. The first-order valence-corrected chi connectivity index (χ1v) is 17.3. The number of furan rings is 1. The summed E-state index contributed by atoms with van der Waals surface area (Å²) in [7, 11) is 0. The molecule has 238 valence electrons. The minimum atomic E-state index is 0.504. The van der Waals surface area contributed by atoms with Gasteiger partial charge < -0.3 is 10.2 Å². The Morgan fingerprint density at radius 1 is 0.620 bits per heavy atom. The molecule has 3 heterocycles. The molecular formula is C44H30N4OS. The molecule has 0 spiro atoms. The first-order chi connectivity index (χ1) is 24.7. The van der Waals surface area contributed by atoms with E-state index in [0.717, 1.165) is 77.1 Å². The standard InChI is InChI=1S/C44H30N4OS/c45-43(31-17-8-3-9-18-31)48-42-32-19-10-11-22-39(32)50-40(42)26-28-23-24-37-34(25-28)41-33(20-12-21-38(41)49-37)44-46-35(29-13-4-1-5-14-29)27-36(47-44)30-15-6-2-7-16-30/h1-25,27H,26H2,(H2,45,48). The predicted octanol–water partition coefficient (Wildman–Crippen LogP) is 11.2. The highest BCUT2D eigenvalue weighted by Gasteiger charge is 2.19. The zero-order valence-corrected chi connectivity index (χ0v) is 27.8. The third-order valence-corrected chi connectivity index (χ3v) is 10.1. The van der Waals surface area contributed by atoms with Gasteiger partial charge >= 0.3 is 0 Å². The van der Waals surface area contributed by atoms with E-state index in [9.17, 15) is 0 Å². The Hall–Kier alpha value is -6.37. The number of hydrogen-bond donors (Lipinski definition) is 1. The van der Waals surface area contributed by atoms with E-state index >= 15 is 0 Å². The molecular weight excluding hydrogens is 633 g/mol. The first kappa shape index (κ1) is 29.7. The quantitative estimate of drug-likeness (QED) is 0.136. The van der Waals surface area contributed by atoms with Crippen LogP contribution in [0.2, 0.25) is 0 Å². The number of amidine groups is 1. The summed E-state index contributed by atoms with van der Waals surface area (Å²) in [6.07, 6.45) is 0.698. The van der Waals surface area contributed by atoms with Gasteiger partial charge in [-0.15, -0.1) is 11.3 Å². The lowest BCUT2D eigenvalue weighted by molar-refractivity contribution is 0.669. The number of thiophene rings is 1. The molecule has 0 amide bonds. The van der Waals surface area contributed by atoms with Crippen LogP contribution < -0.4 is 5.73 Å². The van der Waals surface area contributed by atoms with Crippen molar-refractivity contribution in [3.63, 3.8) is 0 Å². The van der Waals surface area contributed by atoms with Crippen molar-refractivity contribution in [1.29, 1.82) is 0 Å². The topological polar surface area (TPSA) is 77.3 Å². The normalized spacial score (nSPS) is 11.9. The van der Waals surface area contributed by atoms with Crippen LogP contribution in [0.1, 0.15) is 16.0 Å². The summed E-state index contributed by atoms with van der Waals surface area (Å²) in [4.78, 5) is 16.4. The van der Waals surface area contributed by atoms with Gasteiger partial charge in [0, 0.05) is 54.4 Å². The summed E-state index contributed by atoms with van der Waals surface area (Å²) >= 11 is 1.76. The smallest absolute Gasteiger partial charge is 0.161 e. The molecule has 5 nitrogen and oxygen atoms in total. The maximum Gasteiger partial charge on any atom is 0.161 e. The van der Waals surface area contributed by atoms with Gasteiger partial charge in [-0.3, -0.25) is 0 Å². The molecule has 0 unspecified atom stereocenters. The monoisotopic (exact) mass is 662 g/mol. The number of aliphatic imine (C=N–C) groups is 1. The summed E-state index contributed by atoms with van der Waals surface area (Å²) in [5.41, 5.74) is 15.9.